The summed E-state index contributed by atoms with van der Waals surface area (Å²) in [5.74, 6) is 0.664. The smallest absolute Gasteiger partial charge is 0.306 e. The molecule has 1 unspecified atom stereocenters. The zero-order valence-electron chi connectivity index (χ0n) is 21.9. The molecule has 2 atom stereocenters. The molecule has 4 fully saturated rings. The normalized spacial score (nSPS) is 25.6. The molecule has 4 aliphatic heterocycles. The van der Waals surface area contributed by atoms with E-state index in [2.05, 4.69) is 15.1 Å². The predicted octanol–water partition coefficient (Wildman–Crippen LogP) is 2.95. The fraction of sp³-hybridized carbons (Fsp3) is 0.704. The van der Waals surface area contributed by atoms with Gasteiger partial charge in [0.2, 0.25) is 0 Å². The van der Waals surface area contributed by atoms with Gasteiger partial charge in [0.1, 0.15) is 11.9 Å². The van der Waals surface area contributed by atoms with Gasteiger partial charge < -0.3 is 25.3 Å². The van der Waals surface area contributed by atoms with E-state index in [4.69, 9.17) is 31.5 Å². The standard InChI is InChI=1S/C27H41ClN4O5/c1-2-35-24-15-23(29)22(28)14-21(24)27(34)30-16-20-17-31(12-13-36-20)9-5-3-4-6-26(33)37-25-18-32-10-7-19(25)8-11-32/h14-15,19-20,25H,2-13,16-18,29H2,1H3,(H,30,34)/t20-,25?/m0/s1. The SMILES string of the molecule is CCOc1cc(N)c(Cl)cc1C(=O)NC[C@H]1CN(CCCCCC(=O)OC2CN3CCC2CC3)CCO1. The van der Waals surface area contributed by atoms with Crippen molar-refractivity contribution in [3.8, 4) is 5.75 Å². The highest BCUT2D eigenvalue weighted by Crippen LogP contribution is 2.30. The number of carbonyl (C=O) groups excluding carboxylic acids is 2. The summed E-state index contributed by atoms with van der Waals surface area (Å²) in [7, 11) is 0. The van der Waals surface area contributed by atoms with Crippen molar-refractivity contribution in [2.45, 2.75) is 57.7 Å². The van der Waals surface area contributed by atoms with Crippen LogP contribution in [0.5, 0.6) is 5.75 Å². The lowest BCUT2D eigenvalue weighted by atomic mass is 9.86. The number of unbranched alkanes of at least 4 members (excludes halogenated alkanes) is 2. The maximum atomic E-state index is 12.8. The topological polar surface area (TPSA) is 106 Å². The number of fused-ring (bicyclic) bond motifs is 3. The first-order valence-electron chi connectivity index (χ1n) is 13.7. The molecule has 4 saturated heterocycles. The number of piperidine rings is 3. The van der Waals surface area contributed by atoms with Crippen molar-refractivity contribution in [1.82, 2.24) is 15.1 Å². The molecule has 1 aromatic carbocycles. The first-order valence-corrected chi connectivity index (χ1v) is 14.1. The van der Waals surface area contributed by atoms with E-state index in [0.29, 0.717) is 54.1 Å². The Morgan fingerprint density at radius 3 is 2.70 bits per heavy atom. The fourth-order valence-electron chi connectivity index (χ4n) is 5.48. The number of carbonyl (C=O) groups is 2. The van der Waals surface area contributed by atoms with E-state index in [0.717, 1.165) is 71.4 Å². The number of nitrogens with two attached hydrogens (primary N) is 1. The number of esters is 1. The Labute approximate surface area is 224 Å². The number of nitrogen functional groups attached to an aromatic ring is 1. The average Bonchev–Trinajstić information content (AvgIpc) is 2.90. The van der Waals surface area contributed by atoms with Crippen LogP contribution in [-0.4, -0.2) is 92.9 Å². The van der Waals surface area contributed by atoms with Gasteiger partial charge in [0, 0.05) is 38.7 Å². The minimum absolute atomic E-state index is 0.0455. The summed E-state index contributed by atoms with van der Waals surface area (Å²) in [6, 6.07) is 3.12. The Kier molecular flexibility index (Phi) is 10.3. The van der Waals surface area contributed by atoms with Crippen molar-refractivity contribution in [3.05, 3.63) is 22.7 Å². The summed E-state index contributed by atoms with van der Waals surface area (Å²) >= 11 is 6.12. The highest BCUT2D eigenvalue weighted by atomic mass is 35.5. The summed E-state index contributed by atoms with van der Waals surface area (Å²) in [4.78, 5) is 29.9. The number of hydrogen-bond donors (Lipinski definition) is 2. The molecular formula is C27H41ClN4O5. The van der Waals surface area contributed by atoms with Crippen molar-refractivity contribution in [2.24, 2.45) is 5.92 Å². The molecule has 3 N–H and O–H groups in total. The minimum atomic E-state index is -0.267. The van der Waals surface area contributed by atoms with E-state index in [1.807, 2.05) is 6.92 Å². The maximum Gasteiger partial charge on any atom is 0.306 e. The van der Waals surface area contributed by atoms with E-state index < -0.39 is 0 Å². The Morgan fingerprint density at radius 2 is 1.97 bits per heavy atom. The van der Waals surface area contributed by atoms with Gasteiger partial charge in [-0.1, -0.05) is 18.0 Å². The molecule has 0 spiro atoms. The monoisotopic (exact) mass is 536 g/mol. The molecule has 2 bridgehead atoms. The van der Waals surface area contributed by atoms with E-state index in [1.165, 1.54) is 6.07 Å². The number of ether oxygens (including phenoxy) is 3. The van der Waals surface area contributed by atoms with Crippen molar-refractivity contribution in [3.63, 3.8) is 0 Å². The highest BCUT2D eigenvalue weighted by Gasteiger charge is 2.36. The molecule has 37 heavy (non-hydrogen) atoms. The first-order chi connectivity index (χ1) is 17.9. The largest absolute Gasteiger partial charge is 0.493 e. The quantitative estimate of drug-likeness (QED) is 0.238. The molecule has 9 nitrogen and oxygen atoms in total. The summed E-state index contributed by atoms with van der Waals surface area (Å²) in [6.45, 7) is 9.08. The van der Waals surface area contributed by atoms with Crippen molar-refractivity contribution >= 4 is 29.2 Å². The first kappa shape index (κ1) is 28.0. The molecule has 4 heterocycles. The number of amides is 1. The van der Waals surface area contributed by atoms with Crippen LogP contribution in [0.4, 0.5) is 5.69 Å². The second kappa shape index (κ2) is 13.6. The van der Waals surface area contributed by atoms with E-state index in [1.54, 1.807) is 6.07 Å². The van der Waals surface area contributed by atoms with Crippen molar-refractivity contribution < 1.29 is 23.8 Å². The van der Waals surface area contributed by atoms with Crippen LogP contribution in [0.3, 0.4) is 0 Å². The summed E-state index contributed by atoms with van der Waals surface area (Å²) in [5.41, 5.74) is 6.59. The molecule has 0 aliphatic carbocycles. The van der Waals surface area contributed by atoms with Gasteiger partial charge in [-0.25, -0.2) is 0 Å². The third-order valence-electron chi connectivity index (χ3n) is 7.59. The molecule has 206 valence electrons. The lowest BCUT2D eigenvalue weighted by Crippen LogP contribution is -2.51. The molecule has 0 radical (unpaired) electrons. The summed E-state index contributed by atoms with van der Waals surface area (Å²) < 4.78 is 17.2. The molecule has 0 aromatic heterocycles. The lowest BCUT2D eigenvalue weighted by molar-refractivity contribution is -0.158. The maximum absolute atomic E-state index is 12.8. The zero-order valence-corrected chi connectivity index (χ0v) is 22.6. The van der Waals surface area contributed by atoms with Crippen LogP contribution in [0.15, 0.2) is 12.1 Å². The molecule has 5 rings (SSSR count). The number of benzene rings is 1. The molecule has 4 aliphatic rings. The summed E-state index contributed by atoms with van der Waals surface area (Å²) in [5, 5.41) is 3.26. The molecule has 10 heteroatoms. The second-order valence-electron chi connectivity index (χ2n) is 10.3. The van der Waals surface area contributed by atoms with Crippen LogP contribution < -0.4 is 15.8 Å². The Bertz CT molecular complexity index is 924. The number of hydrogen-bond acceptors (Lipinski definition) is 8. The number of anilines is 1. The van der Waals surface area contributed by atoms with E-state index in [-0.39, 0.29) is 24.1 Å². The van der Waals surface area contributed by atoms with Crippen molar-refractivity contribution in [1.29, 1.82) is 0 Å². The van der Waals surface area contributed by atoms with Gasteiger partial charge in [-0.3, -0.25) is 19.4 Å². The minimum Gasteiger partial charge on any atom is -0.493 e. The third kappa shape index (κ3) is 7.96. The van der Waals surface area contributed by atoms with Gasteiger partial charge in [-0.05, 0) is 64.2 Å². The number of halogens is 1. The molecule has 1 aromatic rings. The average molecular weight is 537 g/mol. The van der Waals surface area contributed by atoms with Gasteiger partial charge in [0.15, 0.2) is 0 Å². The molecule has 0 saturated carbocycles. The van der Waals surface area contributed by atoms with Crippen molar-refractivity contribution in [2.75, 3.05) is 64.8 Å². The van der Waals surface area contributed by atoms with Gasteiger partial charge >= 0.3 is 5.97 Å². The van der Waals surface area contributed by atoms with Crippen LogP contribution >= 0.6 is 11.6 Å². The molecule has 1 amide bonds. The van der Waals surface area contributed by atoms with Crippen LogP contribution in [0.25, 0.3) is 0 Å². The number of nitrogens with one attached hydrogen (secondary N) is 1. The Hall–Kier alpha value is -2.07. The Morgan fingerprint density at radius 1 is 1.16 bits per heavy atom. The van der Waals surface area contributed by atoms with Gasteiger partial charge in [0.05, 0.1) is 35.6 Å². The van der Waals surface area contributed by atoms with Crippen LogP contribution in [0.1, 0.15) is 55.8 Å². The number of nitrogens with zero attached hydrogens (tertiary/aromatic N) is 2. The van der Waals surface area contributed by atoms with E-state index >= 15 is 0 Å². The van der Waals surface area contributed by atoms with Crippen LogP contribution in [-0.2, 0) is 14.3 Å². The lowest BCUT2D eigenvalue weighted by Gasteiger charge is -2.43. The third-order valence-corrected chi connectivity index (χ3v) is 7.92. The summed E-state index contributed by atoms with van der Waals surface area (Å²) in [6.07, 6.45) is 5.70. The number of rotatable bonds is 12. The van der Waals surface area contributed by atoms with E-state index in [9.17, 15) is 9.59 Å². The zero-order chi connectivity index (χ0) is 26.2. The number of morpholine rings is 1. The predicted molar refractivity (Wildman–Crippen MR) is 143 cm³/mol. The van der Waals surface area contributed by atoms with Gasteiger partial charge in [-0.15, -0.1) is 0 Å². The second-order valence-corrected chi connectivity index (χ2v) is 10.7. The Balaban J connectivity index is 1.12. The van der Waals surface area contributed by atoms with Crippen LogP contribution in [0, 0.1) is 5.92 Å². The van der Waals surface area contributed by atoms with Crippen LogP contribution in [0.2, 0.25) is 5.02 Å². The highest BCUT2D eigenvalue weighted by molar-refractivity contribution is 6.33. The van der Waals surface area contributed by atoms with Gasteiger partial charge in [-0.2, -0.15) is 0 Å². The fourth-order valence-corrected chi connectivity index (χ4v) is 5.65. The molecular weight excluding hydrogens is 496 g/mol. The van der Waals surface area contributed by atoms with Gasteiger partial charge in [0.25, 0.3) is 5.91 Å².